The summed E-state index contributed by atoms with van der Waals surface area (Å²) < 4.78 is 11.2. The maximum absolute atomic E-state index is 10.3. The van der Waals surface area contributed by atoms with Crippen LogP contribution in [0.1, 0.15) is 38.2 Å². The van der Waals surface area contributed by atoms with Crippen LogP contribution < -0.4 is 10.3 Å². The number of phenols is 1. The highest BCUT2D eigenvalue weighted by Crippen LogP contribution is 2.27. The number of rotatable bonds is 7. The molecule has 0 radical (unpaired) electrons. The molecule has 0 unspecified atom stereocenters. The Morgan fingerprint density at radius 3 is 2.69 bits per heavy atom. The fourth-order valence-electron chi connectivity index (χ4n) is 3.00. The van der Waals surface area contributed by atoms with Crippen molar-refractivity contribution in [3.63, 3.8) is 0 Å². The van der Waals surface area contributed by atoms with Crippen LogP contribution in [0.2, 0.25) is 0 Å². The number of phenolic OH excluding ortho intramolecular Hbond substituents is 1. The number of nitrogens with zero attached hydrogens (tertiary/aromatic N) is 1. The van der Waals surface area contributed by atoms with Crippen LogP contribution >= 0.6 is 0 Å². The van der Waals surface area contributed by atoms with Crippen LogP contribution in [0.25, 0.3) is 11.0 Å². The molecule has 26 heavy (non-hydrogen) atoms. The molecule has 0 spiro atoms. The number of ether oxygens (including phenoxy) is 1. The number of hydrogen-bond donors (Lipinski definition) is 1. The number of unbranched alkanes of at least 4 members (excludes halogenated alkanes) is 3. The van der Waals surface area contributed by atoms with Crippen LogP contribution in [-0.4, -0.2) is 12.2 Å². The highest BCUT2D eigenvalue weighted by molar-refractivity contribution is 5.79. The van der Waals surface area contributed by atoms with E-state index in [-0.39, 0.29) is 5.75 Å². The van der Waals surface area contributed by atoms with Crippen LogP contribution in [0.15, 0.2) is 57.9 Å². The van der Waals surface area contributed by atoms with E-state index in [1.807, 2.05) is 42.5 Å². The molecule has 4 heteroatoms. The second-order valence-electron chi connectivity index (χ2n) is 6.39. The van der Waals surface area contributed by atoms with Crippen LogP contribution in [0.4, 0.5) is 5.69 Å². The van der Waals surface area contributed by atoms with Crippen molar-refractivity contribution >= 4 is 16.7 Å². The van der Waals surface area contributed by atoms with Crippen molar-refractivity contribution in [1.29, 1.82) is 0 Å². The van der Waals surface area contributed by atoms with Gasteiger partial charge in [0.2, 0.25) is 5.55 Å². The third-order valence-corrected chi connectivity index (χ3v) is 4.45. The Kier molecular flexibility index (Phi) is 5.95. The van der Waals surface area contributed by atoms with Crippen molar-refractivity contribution in [2.24, 2.45) is 4.99 Å². The lowest BCUT2D eigenvalue weighted by atomic mass is 10.0. The monoisotopic (exact) mass is 351 g/mol. The van der Waals surface area contributed by atoms with Crippen molar-refractivity contribution < 1.29 is 14.3 Å². The SMILES string of the molecule is CCCCCCc1cc2cc/c(=N/c3ccccc3OC)oc2cc1O. The van der Waals surface area contributed by atoms with Crippen molar-refractivity contribution in [2.75, 3.05) is 7.11 Å². The number of aryl methyl sites for hydroxylation is 1. The molecule has 1 aromatic heterocycles. The summed E-state index contributed by atoms with van der Waals surface area (Å²) in [4.78, 5) is 4.51. The first-order chi connectivity index (χ1) is 12.7. The van der Waals surface area contributed by atoms with E-state index in [4.69, 9.17) is 9.15 Å². The summed E-state index contributed by atoms with van der Waals surface area (Å²) >= 11 is 0. The molecule has 4 nitrogen and oxygen atoms in total. The quantitative estimate of drug-likeness (QED) is 0.572. The molecule has 0 bridgehead atoms. The molecule has 0 amide bonds. The van der Waals surface area contributed by atoms with Gasteiger partial charge in [-0.3, -0.25) is 0 Å². The van der Waals surface area contributed by atoms with Gasteiger partial charge in [-0.2, -0.15) is 0 Å². The second-order valence-corrected chi connectivity index (χ2v) is 6.39. The smallest absolute Gasteiger partial charge is 0.219 e. The van der Waals surface area contributed by atoms with E-state index in [1.54, 1.807) is 13.2 Å². The predicted molar refractivity (Wildman–Crippen MR) is 104 cm³/mol. The lowest BCUT2D eigenvalue weighted by Gasteiger charge is -2.07. The first kappa shape index (κ1) is 18.1. The number of para-hydroxylation sites is 2. The molecule has 1 heterocycles. The summed E-state index contributed by atoms with van der Waals surface area (Å²) in [6, 6.07) is 15.0. The van der Waals surface area contributed by atoms with Gasteiger partial charge >= 0.3 is 0 Å². The molecular weight excluding hydrogens is 326 g/mol. The van der Waals surface area contributed by atoms with Gasteiger partial charge in [0.05, 0.1) is 7.11 Å². The topological polar surface area (TPSA) is 55.0 Å². The average molecular weight is 351 g/mol. The summed E-state index contributed by atoms with van der Waals surface area (Å²) in [6.45, 7) is 2.20. The van der Waals surface area contributed by atoms with Crippen LogP contribution in [0.3, 0.4) is 0 Å². The maximum Gasteiger partial charge on any atom is 0.219 e. The zero-order valence-corrected chi connectivity index (χ0v) is 15.4. The summed E-state index contributed by atoms with van der Waals surface area (Å²) in [6.07, 6.45) is 5.61. The molecule has 3 aromatic rings. The molecule has 0 saturated heterocycles. The molecule has 0 atom stereocenters. The predicted octanol–water partition coefficient (Wildman–Crippen LogP) is 5.50. The van der Waals surface area contributed by atoms with Gasteiger partial charge in [-0.05, 0) is 42.7 Å². The fourth-order valence-corrected chi connectivity index (χ4v) is 3.00. The lowest BCUT2D eigenvalue weighted by Crippen LogP contribution is -1.99. The Labute approximate surface area is 153 Å². The molecule has 3 rings (SSSR count). The van der Waals surface area contributed by atoms with E-state index in [0.717, 1.165) is 23.8 Å². The van der Waals surface area contributed by atoms with Gasteiger partial charge < -0.3 is 14.3 Å². The molecule has 0 aliphatic heterocycles. The van der Waals surface area contributed by atoms with Crippen molar-refractivity contribution in [3.8, 4) is 11.5 Å². The van der Waals surface area contributed by atoms with Crippen LogP contribution in [0.5, 0.6) is 11.5 Å². The minimum atomic E-state index is 0.284. The zero-order chi connectivity index (χ0) is 18.4. The number of aromatic hydroxyl groups is 1. The molecule has 0 saturated carbocycles. The van der Waals surface area contributed by atoms with E-state index in [0.29, 0.717) is 22.6 Å². The molecule has 1 N–H and O–H groups in total. The van der Waals surface area contributed by atoms with Gasteiger partial charge in [-0.15, -0.1) is 0 Å². The molecule has 2 aromatic carbocycles. The molecule has 136 valence electrons. The van der Waals surface area contributed by atoms with Gasteiger partial charge in [-0.25, -0.2) is 4.99 Å². The molecule has 0 fully saturated rings. The average Bonchev–Trinajstić information content (AvgIpc) is 2.66. The number of benzene rings is 2. The molecule has 0 aliphatic carbocycles. The van der Waals surface area contributed by atoms with Crippen molar-refractivity contribution in [2.45, 2.75) is 39.0 Å². The first-order valence-corrected chi connectivity index (χ1v) is 9.14. The van der Waals surface area contributed by atoms with E-state index < -0.39 is 0 Å². The van der Waals surface area contributed by atoms with E-state index >= 15 is 0 Å². The number of fused-ring (bicyclic) bond motifs is 1. The number of hydrogen-bond acceptors (Lipinski definition) is 4. The standard InChI is InChI=1S/C22H25NO3/c1-3-4-5-6-9-16-14-17-12-13-22(26-21(17)15-19(16)24)23-18-10-7-8-11-20(18)25-2/h7-8,10-15,24H,3-6,9H2,1-2H3/b23-22-. The van der Waals surface area contributed by atoms with Crippen molar-refractivity contribution in [3.05, 3.63) is 59.6 Å². The molecule has 0 aliphatic rings. The third-order valence-electron chi connectivity index (χ3n) is 4.45. The number of methoxy groups -OCH3 is 1. The van der Waals surface area contributed by atoms with Crippen LogP contribution in [0, 0.1) is 0 Å². The van der Waals surface area contributed by atoms with Crippen LogP contribution in [-0.2, 0) is 6.42 Å². The summed E-state index contributed by atoms with van der Waals surface area (Å²) in [5.41, 5.74) is 2.76. The highest BCUT2D eigenvalue weighted by Gasteiger charge is 2.06. The Balaban J connectivity index is 1.91. The fraction of sp³-hybridized carbons (Fsp3) is 0.318. The van der Waals surface area contributed by atoms with E-state index in [9.17, 15) is 5.11 Å². The van der Waals surface area contributed by atoms with Gasteiger partial charge in [-0.1, -0.05) is 38.3 Å². The Morgan fingerprint density at radius 1 is 1.04 bits per heavy atom. The first-order valence-electron chi connectivity index (χ1n) is 9.14. The summed E-state index contributed by atoms with van der Waals surface area (Å²) in [5, 5.41) is 11.3. The minimum Gasteiger partial charge on any atom is -0.508 e. The normalized spacial score (nSPS) is 11.8. The molecular formula is C22H25NO3. The Hall–Kier alpha value is -2.75. The van der Waals surface area contributed by atoms with Crippen molar-refractivity contribution in [1.82, 2.24) is 0 Å². The minimum absolute atomic E-state index is 0.284. The van der Waals surface area contributed by atoms with Gasteiger partial charge in [0, 0.05) is 17.5 Å². The van der Waals surface area contributed by atoms with E-state index in [2.05, 4.69) is 11.9 Å². The van der Waals surface area contributed by atoms with Gasteiger partial charge in [0.1, 0.15) is 22.8 Å². The second kappa shape index (κ2) is 8.56. The Bertz CT molecular complexity index is 944. The van der Waals surface area contributed by atoms with E-state index in [1.165, 1.54) is 19.3 Å². The third kappa shape index (κ3) is 4.26. The Morgan fingerprint density at radius 2 is 1.88 bits per heavy atom. The highest BCUT2D eigenvalue weighted by atomic mass is 16.5. The van der Waals surface area contributed by atoms with Gasteiger partial charge in [0.15, 0.2) is 0 Å². The maximum atomic E-state index is 10.3. The summed E-state index contributed by atoms with van der Waals surface area (Å²) in [5.74, 6) is 0.972. The van der Waals surface area contributed by atoms with Gasteiger partial charge in [0.25, 0.3) is 0 Å². The largest absolute Gasteiger partial charge is 0.508 e. The summed E-state index contributed by atoms with van der Waals surface area (Å²) in [7, 11) is 1.62. The lowest BCUT2D eigenvalue weighted by molar-refractivity contribution is 0.415. The zero-order valence-electron chi connectivity index (χ0n) is 15.4.